The van der Waals surface area contributed by atoms with Crippen LogP contribution in [0.15, 0.2) is 22.9 Å². The van der Waals surface area contributed by atoms with Crippen LogP contribution in [0.4, 0.5) is 0 Å². The van der Waals surface area contributed by atoms with E-state index in [4.69, 9.17) is 5.21 Å². The van der Waals surface area contributed by atoms with E-state index in [0.29, 0.717) is 0 Å². The summed E-state index contributed by atoms with van der Waals surface area (Å²) in [7, 11) is 0. The number of thiophene rings is 1. The third kappa shape index (κ3) is 2.84. The molecule has 0 radical (unpaired) electrons. The molecule has 1 aromatic heterocycles. The number of hydrogen-bond acceptors (Lipinski definition) is 3. The van der Waals surface area contributed by atoms with Gasteiger partial charge in [-0.25, -0.2) is 0 Å². The van der Waals surface area contributed by atoms with Crippen LogP contribution in [-0.4, -0.2) is 11.2 Å². The van der Waals surface area contributed by atoms with Crippen LogP contribution < -0.4 is 5.48 Å². The van der Waals surface area contributed by atoms with Gasteiger partial charge in [0.2, 0.25) is 0 Å². The van der Waals surface area contributed by atoms with Crippen molar-refractivity contribution in [3.05, 3.63) is 28.5 Å². The van der Waals surface area contributed by atoms with Gasteiger partial charge < -0.3 is 5.21 Å². The van der Waals surface area contributed by atoms with Crippen LogP contribution in [0, 0.1) is 0 Å². The van der Waals surface area contributed by atoms with Crippen molar-refractivity contribution in [1.82, 2.24) is 5.48 Å². The third-order valence-electron chi connectivity index (χ3n) is 1.32. The Morgan fingerprint density at radius 1 is 1.73 bits per heavy atom. The highest BCUT2D eigenvalue weighted by molar-refractivity contribution is 7.08. The van der Waals surface area contributed by atoms with Crippen LogP contribution in [0.5, 0.6) is 0 Å². The normalized spacial score (nSPS) is 14.0. The molecule has 0 aliphatic carbocycles. The second kappa shape index (κ2) is 4.28. The first-order valence-electron chi connectivity index (χ1n) is 3.43. The van der Waals surface area contributed by atoms with Crippen molar-refractivity contribution in [2.75, 3.05) is 0 Å². The fourth-order valence-corrected chi connectivity index (χ4v) is 1.30. The first-order chi connectivity index (χ1) is 5.33. The molecule has 1 atom stereocenters. The molecule has 60 valence electrons. The van der Waals surface area contributed by atoms with Gasteiger partial charge in [-0.15, -0.1) is 0 Å². The summed E-state index contributed by atoms with van der Waals surface area (Å²) in [5, 5.41) is 12.5. The molecule has 0 bridgehead atoms. The summed E-state index contributed by atoms with van der Waals surface area (Å²) in [6.45, 7) is 1.88. The molecule has 1 unspecified atom stereocenters. The third-order valence-corrected chi connectivity index (χ3v) is 2.03. The maximum Gasteiger partial charge on any atom is 0.0474 e. The van der Waals surface area contributed by atoms with Gasteiger partial charge in [0.25, 0.3) is 0 Å². The molecule has 0 saturated heterocycles. The van der Waals surface area contributed by atoms with E-state index in [2.05, 4.69) is 10.9 Å². The summed E-state index contributed by atoms with van der Waals surface area (Å²) in [6, 6.07) is 2.04. The van der Waals surface area contributed by atoms with Crippen LogP contribution in [0.1, 0.15) is 12.5 Å². The standard InChI is InChI=1S/C8H11NOS/c1-7(9-10)2-3-8-4-5-11-6-8/h2-7,9-10H,1H3/b3-2+. The monoisotopic (exact) mass is 169 g/mol. The molecule has 2 nitrogen and oxygen atoms in total. The largest absolute Gasteiger partial charge is 0.316 e. The Labute approximate surface area is 70.1 Å². The zero-order chi connectivity index (χ0) is 8.10. The van der Waals surface area contributed by atoms with Crippen LogP contribution in [0.2, 0.25) is 0 Å². The average Bonchev–Trinajstić information content (AvgIpc) is 2.52. The molecule has 0 spiro atoms. The second-order valence-corrected chi connectivity index (χ2v) is 3.11. The highest BCUT2D eigenvalue weighted by Gasteiger charge is 1.90. The number of hydroxylamine groups is 1. The minimum atomic E-state index is 0.00917. The quantitative estimate of drug-likeness (QED) is 0.679. The van der Waals surface area contributed by atoms with Crippen LogP contribution in [0.3, 0.4) is 0 Å². The molecule has 1 rings (SSSR count). The Morgan fingerprint density at radius 3 is 3.09 bits per heavy atom. The summed E-state index contributed by atoms with van der Waals surface area (Å²) >= 11 is 1.66. The van der Waals surface area contributed by atoms with Gasteiger partial charge in [-0.3, -0.25) is 0 Å². The summed E-state index contributed by atoms with van der Waals surface area (Å²) in [4.78, 5) is 0. The minimum Gasteiger partial charge on any atom is -0.316 e. The van der Waals surface area contributed by atoms with E-state index in [0.717, 1.165) is 0 Å². The predicted octanol–water partition coefficient (Wildman–Crippen LogP) is 2.13. The predicted molar refractivity (Wildman–Crippen MR) is 47.7 cm³/mol. The Bertz CT molecular complexity index is 218. The zero-order valence-electron chi connectivity index (χ0n) is 6.32. The molecule has 0 saturated carbocycles. The molecule has 0 aliphatic rings. The lowest BCUT2D eigenvalue weighted by Gasteiger charge is -1.99. The van der Waals surface area contributed by atoms with E-state index in [9.17, 15) is 0 Å². The molecule has 1 aromatic rings. The molecule has 2 N–H and O–H groups in total. The Morgan fingerprint density at radius 2 is 2.55 bits per heavy atom. The molecule has 11 heavy (non-hydrogen) atoms. The number of nitrogens with one attached hydrogen (secondary N) is 1. The summed E-state index contributed by atoms with van der Waals surface area (Å²) in [5.74, 6) is 0. The van der Waals surface area contributed by atoms with Crippen LogP contribution in [-0.2, 0) is 0 Å². The molecular weight excluding hydrogens is 158 g/mol. The Balaban J connectivity index is 2.48. The van der Waals surface area contributed by atoms with Gasteiger partial charge in [0.05, 0.1) is 0 Å². The second-order valence-electron chi connectivity index (χ2n) is 2.33. The van der Waals surface area contributed by atoms with E-state index in [1.807, 2.05) is 30.5 Å². The van der Waals surface area contributed by atoms with Crippen LogP contribution >= 0.6 is 11.3 Å². The van der Waals surface area contributed by atoms with Crippen LogP contribution in [0.25, 0.3) is 6.08 Å². The number of hydrogen-bond donors (Lipinski definition) is 2. The molecule has 0 fully saturated rings. The SMILES string of the molecule is CC(/C=C/c1ccsc1)NO. The van der Waals surface area contributed by atoms with Gasteiger partial charge in [0.1, 0.15) is 0 Å². The lowest BCUT2D eigenvalue weighted by Crippen LogP contribution is -2.18. The van der Waals surface area contributed by atoms with Crippen molar-refractivity contribution in [3.8, 4) is 0 Å². The van der Waals surface area contributed by atoms with Crippen molar-refractivity contribution >= 4 is 17.4 Å². The lowest BCUT2D eigenvalue weighted by atomic mass is 10.2. The topological polar surface area (TPSA) is 32.3 Å². The van der Waals surface area contributed by atoms with Gasteiger partial charge in [-0.05, 0) is 29.3 Å². The van der Waals surface area contributed by atoms with E-state index in [-0.39, 0.29) is 6.04 Å². The Kier molecular flexibility index (Phi) is 3.29. The maximum absolute atomic E-state index is 8.46. The molecule has 0 amide bonds. The Hall–Kier alpha value is -0.640. The summed E-state index contributed by atoms with van der Waals surface area (Å²) in [6.07, 6.45) is 3.88. The highest BCUT2D eigenvalue weighted by atomic mass is 32.1. The van der Waals surface area contributed by atoms with E-state index >= 15 is 0 Å². The smallest absolute Gasteiger partial charge is 0.0474 e. The summed E-state index contributed by atoms with van der Waals surface area (Å²) in [5.41, 5.74) is 3.32. The fraction of sp³-hybridized carbons (Fsp3) is 0.250. The molecule has 1 heterocycles. The lowest BCUT2D eigenvalue weighted by molar-refractivity contribution is 0.150. The van der Waals surface area contributed by atoms with Gasteiger partial charge in [-0.2, -0.15) is 16.8 Å². The van der Waals surface area contributed by atoms with Crippen molar-refractivity contribution in [2.24, 2.45) is 0 Å². The summed E-state index contributed by atoms with van der Waals surface area (Å²) < 4.78 is 0. The highest BCUT2D eigenvalue weighted by Crippen LogP contribution is 2.07. The van der Waals surface area contributed by atoms with Gasteiger partial charge >= 0.3 is 0 Å². The number of rotatable bonds is 3. The van der Waals surface area contributed by atoms with E-state index < -0.39 is 0 Å². The van der Waals surface area contributed by atoms with Crippen molar-refractivity contribution in [2.45, 2.75) is 13.0 Å². The maximum atomic E-state index is 8.46. The first-order valence-corrected chi connectivity index (χ1v) is 4.37. The van der Waals surface area contributed by atoms with Crippen molar-refractivity contribution in [1.29, 1.82) is 0 Å². The molecule has 3 heteroatoms. The van der Waals surface area contributed by atoms with Gasteiger partial charge in [0, 0.05) is 6.04 Å². The first kappa shape index (κ1) is 8.46. The zero-order valence-corrected chi connectivity index (χ0v) is 7.14. The van der Waals surface area contributed by atoms with E-state index in [1.165, 1.54) is 5.56 Å². The average molecular weight is 169 g/mol. The van der Waals surface area contributed by atoms with Crippen molar-refractivity contribution in [3.63, 3.8) is 0 Å². The molecule has 0 aliphatic heterocycles. The van der Waals surface area contributed by atoms with E-state index in [1.54, 1.807) is 11.3 Å². The minimum absolute atomic E-state index is 0.00917. The van der Waals surface area contributed by atoms with Gasteiger partial charge in [-0.1, -0.05) is 12.2 Å². The van der Waals surface area contributed by atoms with Crippen molar-refractivity contribution < 1.29 is 5.21 Å². The molecule has 0 aromatic carbocycles. The fourth-order valence-electron chi connectivity index (χ4n) is 0.668. The van der Waals surface area contributed by atoms with Gasteiger partial charge in [0.15, 0.2) is 0 Å². The molecular formula is C8H11NOS.